The first-order chi connectivity index (χ1) is 6.10. The fourth-order valence-corrected chi connectivity index (χ4v) is 0.909. The number of carbonyl (C=O) groups excluding carboxylic acids is 1. The predicted octanol–water partition coefficient (Wildman–Crippen LogP) is 0.549. The zero-order valence-electron chi connectivity index (χ0n) is 8.58. The molecule has 0 saturated carbocycles. The fourth-order valence-electron chi connectivity index (χ4n) is 0.909. The van der Waals surface area contributed by atoms with Gasteiger partial charge in [0.25, 0.3) is 0 Å². The van der Waals surface area contributed by atoms with Gasteiger partial charge in [-0.25, -0.2) is 0 Å². The predicted molar refractivity (Wildman–Crippen MR) is 50.3 cm³/mol. The third kappa shape index (κ3) is 6.54. The van der Waals surface area contributed by atoms with Crippen molar-refractivity contribution < 1.29 is 14.3 Å². The van der Waals surface area contributed by atoms with E-state index in [4.69, 9.17) is 15.2 Å². The number of hydrogen-bond acceptors (Lipinski definition) is 4. The van der Waals surface area contributed by atoms with Crippen molar-refractivity contribution >= 4 is 5.97 Å². The summed E-state index contributed by atoms with van der Waals surface area (Å²) >= 11 is 0. The van der Waals surface area contributed by atoms with Crippen molar-refractivity contribution in [2.45, 2.75) is 26.4 Å². The quantitative estimate of drug-likeness (QED) is 0.620. The molecule has 0 spiro atoms. The maximum Gasteiger partial charge on any atom is 0.306 e. The van der Waals surface area contributed by atoms with Crippen molar-refractivity contribution in [2.24, 2.45) is 11.7 Å². The normalized spacial score (nSPS) is 15.1. The molecule has 0 fully saturated rings. The molecule has 78 valence electrons. The van der Waals surface area contributed by atoms with E-state index in [2.05, 4.69) is 0 Å². The Labute approximate surface area is 79.4 Å². The average Bonchev–Trinajstić information content (AvgIpc) is 2.04. The van der Waals surface area contributed by atoms with Crippen LogP contribution >= 0.6 is 0 Å². The van der Waals surface area contributed by atoms with E-state index in [0.717, 1.165) is 0 Å². The lowest BCUT2D eigenvalue weighted by Gasteiger charge is -2.13. The van der Waals surface area contributed by atoms with Gasteiger partial charge >= 0.3 is 5.97 Å². The van der Waals surface area contributed by atoms with Gasteiger partial charge in [-0.3, -0.25) is 4.79 Å². The second-order valence-corrected chi connectivity index (χ2v) is 3.30. The van der Waals surface area contributed by atoms with Crippen LogP contribution in [0.2, 0.25) is 0 Å². The molecule has 2 unspecified atom stereocenters. The highest BCUT2D eigenvalue weighted by Crippen LogP contribution is 2.03. The molecular formula is C9H19NO3. The van der Waals surface area contributed by atoms with E-state index >= 15 is 0 Å². The van der Waals surface area contributed by atoms with Crippen molar-refractivity contribution in [2.75, 3.05) is 20.3 Å². The minimum absolute atomic E-state index is 0.178. The summed E-state index contributed by atoms with van der Waals surface area (Å²) in [6.45, 7) is 4.66. The Kier molecular flexibility index (Phi) is 6.54. The van der Waals surface area contributed by atoms with Crippen LogP contribution in [0.15, 0.2) is 0 Å². The van der Waals surface area contributed by atoms with E-state index in [0.29, 0.717) is 19.6 Å². The molecule has 0 radical (unpaired) electrons. The summed E-state index contributed by atoms with van der Waals surface area (Å²) in [5.74, 6) is -0.0234. The Morgan fingerprint density at radius 3 is 2.54 bits per heavy atom. The van der Waals surface area contributed by atoms with Crippen LogP contribution in [0.3, 0.4) is 0 Å². The number of methoxy groups -OCH3 is 1. The lowest BCUT2D eigenvalue weighted by atomic mass is 10.1. The van der Waals surface area contributed by atoms with Crippen LogP contribution in [0, 0.1) is 5.92 Å². The first kappa shape index (κ1) is 12.4. The highest BCUT2D eigenvalue weighted by Gasteiger charge is 2.12. The summed E-state index contributed by atoms with van der Waals surface area (Å²) in [5, 5.41) is 0. The summed E-state index contributed by atoms with van der Waals surface area (Å²) in [5.41, 5.74) is 5.38. The Balaban J connectivity index is 3.61. The number of rotatable bonds is 6. The Morgan fingerprint density at radius 2 is 2.08 bits per heavy atom. The van der Waals surface area contributed by atoms with Crippen molar-refractivity contribution in [1.82, 2.24) is 0 Å². The van der Waals surface area contributed by atoms with Gasteiger partial charge in [-0.15, -0.1) is 0 Å². The van der Waals surface area contributed by atoms with Crippen LogP contribution in [0.1, 0.15) is 20.3 Å². The van der Waals surface area contributed by atoms with Crippen LogP contribution < -0.4 is 5.73 Å². The standard InChI is InChI=1S/C9H19NO3/c1-7(5-10)4-9(11)13-8(2)6-12-3/h7-8H,4-6,10H2,1-3H3. The minimum atomic E-state index is -0.206. The molecule has 0 aliphatic carbocycles. The van der Waals surface area contributed by atoms with E-state index in [9.17, 15) is 4.79 Å². The molecule has 0 amide bonds. The molecule has 0 saturated heterocycles. The first-order valence-electron chi connectivity index (χ1n) is 4.48. The van der Waals surface area contributed by atoms with Gasteiger partial charge in [0.2, 0.25) is 0 Å². The maximum absolute atomic E-state index is 11.2. The van der Waals surface area contributed by atoms with Crippen LogP contribution in [0.5, 0.6) is 0 Å². The summed E-state index contributed by atoms with van der Waals surface area (Å²) < 4.78 is 9.88. The first-order valence-corrected chi connectivity index (χ1v) is 4.48. The Bertz CT molecular complexity index is 150. The molecule has 0 aromatic carbocycles. The molecular weight excluding hydrogens is 170 g/mol. The van der Waals surface area contributed by atoms with E-state index < -0.39 is 0 Å². The third-order valence-corrected chi connectivity index (χ3v) is 1.65. The van der Waals surface area contributed by atoms with Gasteiger partial charge in [-0.2, -0.15) is 0 Å². The smallest absolute Gasteiger partial charge is 0.306 e. The Morgan fingerprint density at radius 1 is 1.46 bits per heavy atom. The van der Waals surface area contributed by atoms with E-state index in [1.165, 1.54) is 0 Å². The van der Waals surface area contributed by atoms with E-state index in [1.807, 2.05) is 6.92 Å². The van der Waals surface area contributed by atoms with Gasteiger partial charge in [0.05, 0.1) is 6.61 Å². The number of carbonyl (C=O) groups is 1. The molecule has 0 aromatic rings. The molecule has 0 aliphatic heterocycles. The molecule has 0 aromatic heterocycles. The molecule has 0 rings (SSSR count). The molecule has 2 N–H and O–H groups in total. The van der Waals surface area contributed by atoms with Gasteiger partial charge in [0, 0.05) is 13.5 Å². The zero-order valence-corrected chi connectivity index (χ0v) is 8.58. The van der Waals surface area contributed by atoms with E-state index in [-0.39, 0.29) is 18.0 Å². The highest BCUT2D eigenvalue weighted by molar-refractivity contribution is 5.69. The SMILES string of the molecule is COCC(C)OC(=O)CC(C)CN. The number of esters is 1. The molecule has 4 heteroatoms. The van der Waals surface area contributed by atoms with Gasteiger partial charge < -0.3 is 15.2 Å². The monoisotopic (exact) mass is 189 g/mol. The molecule has 13 heavy (non-hydrogen) atoms. The second kappa shape index (κ2) is 6.86. The largest absolute Gasteiger partial charge is 0.460 e. The average molecular weight is 189 g/mol. The van der Waals surface area contributed by atoms with Gasteiger partial charge in [0.15, 0.2) is 0 Å². The third-order valence-electron chi connectivity index (χ3n) is 1.65. The minimum Gasteiger partial charge on any atom is -0.460 e. The summed E-state index contributed by atoms with van der Waals surface area (Å²) in [7, 11) is 1.58. The van der Waals surface area contributed by atoms with E-state index in [1.54, 1.807) is 14.0 Å². The van der Waals surface area contributed by atoms with Crippen molar-refractivity contribution in [1.29, 1.82) is 0 Å². The van der Waals surface area contributed by atoms with Crippen LogP contribution in [-0.2, 0) is 14.3 Å². The molecule has 2 atom stereocenters. The van der Waals surface area contributed by atoms with Gasteiger partial charge in [-0.1, -0.05) is 6.92 Å². The topological polar surface area (TPSA) is 61.5 Å². The number of nitrogens with two attached hydrogens (primary N) is 1. The van der Waals surface area contributed by atoms with Gasteiger partial charge in [-0.05, 0) is 19.4 Å². The van der Waals surface area contributed by atoms with Crippen LogP contribution in [-0.4, -0.2) is 32.3 Å². The molecule has 4 nitrogen and oxygen atoms in total. The number of hydrogen-bond donors (Lipinski definition) is 1. The molecule has 0 heterocycles. The summed E-state index contributed by atoms with van der Waals surface area (Å²) in [4.78, 5) is 11.2. The number of ether oxygens (including phenoxy) is 2. The highest BCUT2D eigenvalue weighted by atomic mass is 16.6. The second-order valence-electron chi connectivity index (χ2n) is 3.30. The summed E-state index contributed by atoms with van der Waals surface area (Å²) in [6, 6.07) is 0. The zero-order chi connectivity index (χ0) is 10.3. The fraction of sp³-hybridized carbons (Fsp3) is 0.889. The van der Waals surface area contributed by atoms with Crippen molar-refractivity contribution in [3.05, 3.63) is 0 Å². The van der Waals surface area contributed by atoms with Crippen molar-refractivity contribution in [3.63, 3.8) is 0 Å². The Hall–Kier alpha value is -0.610. The summed E-state index contributed by atoms with van der Waals surface area (Å²) in [6.07, 6.45) is 0.201. The van der Waals surface area contributed by atoms with Crippen LogP contribution in [0.25, 0.3) is 0 Å². The maximum atomic E-state index is 11.2. The van der Waals surface area contributed by atoms with Crippen LogP contribution in [0.4, 0.5) is 0 Å². The lowest BCUT2D eigenvalue weighted by Crippen LogP contribution is -2.23. The van der Waals surface area contributed by atoms with Gasteiger partial charge in [0.1, 0.15) is 6.10 Å². The van der Waals surface area contributed by atoms with Crippen molar-refractivity contribution in [3.8, 4) is 0 Å². The lowest BCUT2D eigenvalue weighted by molar-refractivity contribution is -0.151. The molecule has 0 bridgehead atoms. The molecule has 0 aliphatic rings.